The quantitative estimate of drug-likeness (QED) is 0.745. The van der Waals surface area contributed by atoms with Crippen molar-refractivity contribution in [2.24, 2.45) is 11.8 Å². The fourth-order valence-electron chi connectivity index (χ4n) is 1.98. The maximum Gasteiger partial charge on any atom is 0.335 e. The van der Waals surface area contributed by atoms with E-state index in [1.807, 2.05) is 13.8 Å². The summed E-state index contributed by atoms with van der Waals surface area (Å²) in [6.45, 7) is 6.00. The van der Waals surface area contributed by atoms with Gasteiger partial charge in [-0.1, -0.05) is 13.8 Å². The number of carboxylic acid groups (broad SMARTS) is 1. The molecule has 4 heteroatoms. The molecule has 88 valence electrons. The normalized spacial score (nSPS) is 31.3. The first kappa shape index (κ1) is 12.5. The van der Waals surface area contributed by atoms with Gasteiger partial charge in [-0.2, -0.15) is 0 Å². The van der Waals surface area contributed by atoms with Gasteiger partial charge in [-0.05, 0) is 25.7 Å². The predicted octanol–water partition coefficient (Wildman–Crippen LogP) is 1.27. The van der Waals surface area contributed by atoms with Gasteiger partial charge in [0.15, 0.2) is 5.60 Å². The number of hydrogen-bond acceptors (Lipinski definition) is 3. The van der Waals surface area contributed by atoms with Crippen molar-refractivity contribution in [3.8, 4) is 0 Å². The second kappa shape index (κ2) is 4.49. The molecule has 2 N–H and O–H groups in total. The summed E-state index contributed by atoms with van der Waals surface area (Å²) < 4.78 is 5.54. The van der Waals surface area contributed by atoms with Gasteiger partial charge in [0.05, 0.1) is 6.10 Å². The van der Waals surface area contributed by atoms with Gasteiger partial charge in [0.2, 0.25) is 0 Å². The molecule has 15 heavy (non-hydrogen) atoms. The van der Waals surface area contributed by atoms with Crippen molar-refractivity contribution in [2.75, 3.05) is 6.61 Å². The van der Waals surface area contributed by atoms with Gasteiger partial charge in [-0.3, -0.25) is 0 Å². The van der Waals surface area contributed by atoms with Crippen molar-refractivity contribution in [2.45, 2.75) is 45.3 Å². The Hall–Kier alpha value is -0.610. The molecule has 0 aromatic rings. The number of carbonyl (C=O) groups is 1. The van der Waals surface area contributed by atoms with Crippen LogP contribution in [0.2, 0.25) is 0 Å². The third-order valence-corrected chi connectivity index (χ3v) is 3.29. The molecule has 0 spiro atoms. The second-order valence-electron chi connectivity index (χ2n) is 4.83. The van der Waals surface area contributed by atoms with E-state index in [9.17, 15) is 9.90 Å². The minimum Gasteiger partial charge on any atom is -0.479 e. The van der Waals surface area contributed by atoms with Crippen LogP contribution in [0.1, 0.15) is 33.6 Å². The topological polar surface area (TPSA) is 66.8 Å². The molecule has 0 saturated carbocycles. The fraction of sp³-hybridized carbons (Fsp3) is 0.909. The molecule has 3 unspecified atom stereocenters. The number of rotatable bonds is 3. The van der Waals surface area contributed by atoms with Crippen LogP contribution in [0, 0.1) is 11.8 Å². The highest BCUT2D eigenvalue weighted by molar-refractivity contribution is 5.76. The summed E-state index contributed by atoms with van der Waals surface area (Å²) in [5.74, 6) is -0.995. The molecule has 0 aliphatic carbocycles. The standard InChI is InChI=1S/C11H20O4/c1-7(2)9-6-8(4-5-15-9)11(3,14)10(12)13/h7-9,14H,4-6H2,1-3H3,(H,12,13). The summed E-state index contributed by atoms with van der Waals surface area (Å²) in [6.07, 6.45) is 1.30. The lowest BCUT2D eigenvalue weighted by atomic mass is 9.79. The Balaban J connectivity index is 2.67. The molecular weight excluding hydrogens is 196 g/mol. The summed E-state index contributed by atoms with van der Waals surface area (Å²) in [6, 6.07) is 0. The Morgan fingerprint density at radius 1 is 1.53 bits per heavy atom. The molecule has 1 fully saturated rings. The Morgan fingerprint density at radius 3 is 2.60 bits per heavy atom. The molecule has 3 atom stereocenters. The molecule has 1 rings (SSSR count). The Morgan fingerprint density at radius 2 is 2.13 bits per heavy atom. The van der Waals surface area contributed by atoms with Crippen LogP contribution in [0.4, 0.5) is 0 Å². The Kier molecular flexibility index (Phi) is 3.73. The zero-order chi connectivity index (χ0) is 11.6. The van der Waals surface area contributed by atoms with E-state index in [1.54, 1.807) is 0 Å². The predicted molar refractivity (Wildman–Crippen MR) is 55.6 cm³/mol. The molecular formula is C11H20O4. The van der Waals surface area contributed by atoms with E-state index >= 15 is 0 Å². The van der Waals surface area contributed by atoms with Crippen LogP contribution in [0.25, 0.3) is 0 Å². The molecule has 0 aromatic heterocycles. The van der Waals surface area contributed by atoms with Gasteiger partial charge in [-0.15, -0.1) is 0 Å². The molecule has 0 amide bonds. The van der Waals surface area contributed by atoms with Crippen LogP contribution < -0.4 is 0 Å². The third kappa shape index (κ3) is 2.69. The molecule has 0 aromatic carbocycles. The number of ether oxygens (including phenoxy) is 1. The van der Waals surface area contributed by atoms with Crippen molar-refractivity contribution >= 4 is 5.97 Å². The van der Waals surface area contributed by atoms with Crippen LogP contribution in [-0.4, -0.2) is 34.5 Å². The van der Waals surface area contributed by atoms with Gasteiger partial charge in [0.1, 0.15) is 0 Å². The van der Waals surface area contributed by atoms with E-state index in [4.69, 9.17) is 9.84 Å². The smallest absolute Gasteiger partial charge is 0.335 e. The molecule has 0 bridgehead atoms. The Labute approximate surface area is 90.2 Å². The van der Waals surface area contributed by atoms with Gasteiger partial charge >= 0.3 is 5.97 Å². The average Bonchev–Trinajstić information content (AvgIpc) is 2.17. The summed E-state index contributed by atoms with van der Waals surface area (Å²) in [7, 11) is 0. The van der Waals surface area contributed by atoms with E-state index in [0.29, 0.717) is 25.4 Å². The maximum absolute atomic E-state index is 10.9. The van der Waals surface area contributed by atoms with Crippen molar-refractivity contribution in [3.05, 3.63) is 0 Å². The first-order valence-electron chi connectivity index (χ1n) is 5.43. The van der Waals surface area contributed by atoms with Crippen LogP contribution in [0.3, 0.4) is 0 Å². The summed E-state index contributed by atoms with van der Waals surface area (Å²) in [5.41, 5.74) is -1.63. The lowest BCUT2D eigenvalue weighted by Gasteiger charge is -2.37. The second-order valence-corrected chi connectivity index (χ2v) is 4.83. The molecule has 1 aliphatic rings. The van der Waals surface area contributed by atoms with Crippen molar-refractivity contribution in [3.63, 3.8) is 0 Å². The van der Waals surface area contributed by atoms with Crippen molar-refractivity contribution in [1.29, 1.82) is 0 Å². The van der Waals surface area contributed by atoms with Crippen LogP contribution in [0.5, 0.6) is 0 Å². The highest BCUT2D eigenvalue weighted by Crippen LogP contribution is 2.32. The maximum atomic E-state index is 10.9. The number of carboxylic acids is 1. The lowest BCUT2D eigenvalue weighted by Crippen LogP contribution is -2.47. The molecule has 1 saturated heterocycles. The number of aliphatic hydroxyl groups is 1. The van der Waals surface area contributed by atoms with Gasteiger partial charge in [-0.25, -0.2) is 4.79 Å². The lowest BCUT2D eigenvalue weighted by molar-refractivity contribution is -0.169. The zero-order valence-corrected chi connectivity index (χ0v) is 9.56. The average molecular weight is 216 g/mol. The third-order valence-electron chi connectivity index (χ3n) is 3.29. The van der Waals surface area contributed by atoms with E-state index in [-0.39, 0.29) is 12.0 Å². The fourth-order valence-corrected chi connectivity index (χ4v) is 1.98. The van der Waals surface area contributed by atoms with Crippen molar-refractivity contribution < 1.29 is 19.7 Å². The molecule has 0 radical (unpaired) electrons. The number of hydrogen-bond donors (Lipinski definition) is 2. The van der Waals surface area contributed by atoms with Gasteiger partial charge in [0, 0.05) is 12.5 Å². The molecule has 4 nitrogen and oxygen atoms in total. The largest absolute Gasteiger partial charge is 0.479 e. The first-order chi connectivity index (χ1) is 6.85. The zero-order valence-electron chi connectivity index (χ0n) is 9.56. The van der Waals surface area contributed by atoms with Crippen LogP contribution in [0.15, 0.2) is 0 Å². The monoisotopic (exact) mass is 216 g/mol. The Bertz CT molecular complexity index is 235. The van der Waals surface area contributed by atoms with E-state index < -0.39 is 11.6 Å². The van der Waals surface area contributed by atoms with Crippen LogP contribution >= 0.6 is 0 Å². The minimum absolute atomic E-state index is 0.0644. The number of aliphatic carboxylic acids is 1. The van der Waals surface area contributed by atoms with Gasteiger partial charge < -0.3 is 14.9 Å². The van der Waals surface area contributed by atoms with Crippen LogP contribution in [-0.2, 0) is 9.53 Å². The SMILES string of the molecule is CC(C)C1CC(C(C)(O)C(=O)O)CCO1. The van der Waals surface area contributed by atoms with E-state index in [2.05, 4.69) is 0 Å². The molecule has 1 aliphatic heterocycles. The first-order valence-corrected chi connectivity index (χ1v) is 5.43. The highest BCUT2D eigenvalue weighted by atomic mass is 16.5. The van der Waals surface area contributed by atoms with Crippen molar-refractivity contribution in [1.82, 2.24) is 0 Å². The summed E-state index contributed by atoms with van der Waals surface area (Å²) >= 11 is 0. The van der Waals surface area contributed by atoms with E-state index in [0.717, 1.165) is 0 Å². The van der Waals surface area contributed by atoms with E-state index in [1.165, 1.54) is 6.92 Å². The minimum atomic E-state index is -1.63. The molecule has 1 heterocycles. The summed E-state index contributed by atoms with van der Waals surface area (Å²) in [5, 5.41) is 18.8. The summed E-state index contributed by atoms with van der Waals surface area (Å²) in [4.78, 5) is 10.9. The highest BCUT2D eigenvalue weighted by Gasteiger charge is 2.42. The van der Waals surface area contributed by atoms with Gasteiger partial charge in [0.25, 0.3) is 0 Å².